The molecule has 0 radical (unpaired) electrons. The molecule has 7 heteroatoms. The lowest BCUT2D eigenvalue weighted by molar-refractivity contribution is -0.137. The topological polar surface area (TPSA) is 72.2 Å². The summed E-state index contributed by atoms with van der Waals surface area (Å²) in [6, 6.07) is 16.9. The fraction of sp³-hybridized carbons (Fsp3) is 0.182. The molecular weight excluding hydrogens is 381 g/mol. The Morgan fingerprint density at radius 2 is 1.52 bits per heavy atom. The number of nitrogens with two attached hydrogens (primary N) is 1. The third kappa shape index (κ3) is 5.34. The maximum atomic E-state index is 12.6. The van der Waals surface area contributed by atoms with Gasteiger partial charge in [0.25, 0.3) is 0 Å². The number of fused-ring (bicyclic) bond motifs is 1. The Balaban J connectivity index is 1.66. The Hall–Kier alpha value is -3.35. The van der Waals surface area contributed by atoms with Crippen molar-refractivity contribution in [2.45, 2.75) is 25.1 Å². The van der Waals surface area contributed by atoms with Gasteiger partial charge < -0.3 is 11.1 Å². The fourth-order valence-electron chi connectivity index (χ4n) is 3.07. The molecule has 0 bridgehead atoms. The molecule has 0 spiro atoms. The molecule has 3 aromatic rings. The van der Waals surface area contributed by atoms with Gasteiger partial charge in [0, 0.05) is 6.42 Å². The summed E-state index contributed by atoms with van der Waals surface area (Å²) in [6.07, 6.45) is -4.36. The SMILES string of the molecule is NC(=O)[C@@H](Cc1ccc2ccccc2c1)NC(=O)Cc1ccc(C(F)(F)F)cc1. The van der Waals surface area contributed by atoms with Gasteiger partial charge in [-0.25, -0.2) is 0 Å². The minimum Gasteiger partial charge on any atom is -0.368 e. The van der Waals surface area contributed by atoms with Gasteiger partial charge in [0.05, 0.1) is 12.0 Å². The molecule has 3 N–H and O–H groups in total. The molecule has 0 fully saturated rings. The maximum Gasteiger partial charge on any atom is 0.416 e. The summed E-state index contributed by atoms with van der Waals surface area (Å²) in [6.45, 7) is 0. The van der Waals surface area contributed by atoms with Gasteiger partial charge in [-0.15, -0.1) is 0 Å². The molecule has 1 atom stereocenters. The molecule has 0 aliphatic carbocycles. The minimum atomic E-state index is -4.43. The van der Waals surface area contributed by atoms with Crippen LogP contribution in [0.1, 0.15) is 16.7 Å². The first-order chi connectivity index (χ1) is 13.7. The zero-order valence-electron chi connectivity index (χ0n) is 15.4. The van der Waals surface area contributed by atoms with Crippen LogP contribution in [0.3, 0.4) is 0 Å². The van der Waals surface area contributed by atoms with Gasteiger partial charge >= 0.3 is 6.18 Å². The number of carbonyl (C=O) groups excluding carboxylic acids is 2. The van der Waals surface area contributed by atoms with Gasteiger partial charge in [-0.2, -0.15) is 13.2 Å². The van der Waals surface area contributed by atoms with E-state index in [0.717, 1.165) is 28.5 Å². The molecule has 29 heavy (non-hydrogen) atoms. The Morgan fingerprint density at radius 1 is 0.897 bits per heavy atom. The van der Waals surface area contributed by atoms with Crippen LogP contribution in [-0.4, -0.2) is 17.9 Å². The summed E-state index contributed by atoms with van der Waals surface area (Å²) in [5.74, 6) is -1.17. The molecular formula is C22H19F3N2O2. The summed E-state index contributed by atoms with van der Waals surface area (Å²) in [5.41, 5.74) is 5.89. The van der Waals surface area contributed by atoms with Crippen molar-refractivity contribution >= 4 is 22.6 Å². The molecule has 0 unspecified atom stereocenters. The molecule has 0 heterocycles. The zero-order valence-corrected chi connectivity index (χ0v) is 15.4. The zero-order chi connectivity index (χ0) is 21.0. The fourth-order valence-corrected chi connectivity index (χ4v) is 3.07. The highest BCUT2D eigenvalue weighted by atomic mass is 19.4. The Morgan fingerprint density at radius 3 is 2.14 bits per heavy atom. The number of primary amides is 1. The van der Waals surface area contributed by atoms with E-state index in [1.54, 1.807) is 0 Å². The van der Waals surface area contributed by atoms with Gasteiger partial charge in [0.15, 0.2) is 0 Å². The molecule has 0 saturated heterocycles. The van der Waals surface area contributed by atoms with E-state index >= 15 is 0 Å². The van der Waals surface area contributed by atoms with Gasteiger partial charge in [-0.05, 0) is 34.0 Å². The first-order valence-corrected chi connectivity index (χ1v) is 8.95. The summed E-state index contributed by atoms with van der Waals surface area (Å²) in [4.78, 5) is 24.1. The van der Waals surface area contributed by atoms with Crippen molar-refractivity contribution in [3.8, 4) is 0 Å². The molecule has 3 rings (SSSR count). The number of halogens is 3. The van der Waals surface area contributed by atoms with E-state index < -0.39 is 29.6 Å². The number of rotatable bonds is 6. The second kappa shape index (κ2) is 8.34. The summed E-state index contributed by atoms with van der Waals surface area (Å²) >= 11 is 0. The van der Waals surface area contributed by atoms with Crippen molar-refractivity contribution < 1.29 is 22.8 Å². The molecule has 150 valence electrons. The maximum absolute atomic E-state index is 12.6. The molecule has 0 saturated carbocycles. The van der Waals surface area contributed by atoms with Gasteiger partial charge in [0.2, 0.25) is 11.8 Å². The average Bonchev–Trinajstić information content (AvgIpc) is 2.67. The molecule has 0 aliphatic heterocycles. The van der Waals surface area contributed by atoms with E-state index in [0.29, 0.717) is 5.56 Å². The van der Waals surface area contributed by atoms with Crippen molar-refractivity contribution in [1.29, 1.82) is 0 Å². The largest absolute Gasteiger partial charge is 0.416 e. The molecule has 3 aromatic carbocycles. The van der Waals surface area contributed by atoms with Crippen molar-refractivity contribution in [2.24, 2.45) is 5.73 Å². The lowest BCUT2D eigenvalue weighted by Crippen LogP contribution is -2.46. The van der Waals surface area contributed by atoms with Crippen LogP contribution in [0.5, 0.6) is 0 Å². The van der Waals surface area contributed by atoms with Crippen LogP contribution >= 0.6 is 0 Å². The predicted octanol–water partition coefficient (Wildman–Crippen LogP) is 3.61. The summed E-state index contributed by atoms with van der Waals surface area (Å²) in [5, 5.41) is 4.63. The Kier molecular flexibility index (Phi) is 5.87. The monoisotopic (exact) mass is 400 g/mol. The lowest BCUT2D eigenvalue weighted by Gasteiger charge is -2.16. The van der Waals surface area contributed by atoms with E-state index in [4.69, 9.17) is 5.73 Å². The number of benzene rings is 3. The molecule has 2 amide bonds. The molecule has 4 nitrogen and oxygen atoms in total. The molecule has 0 aromatic heterocycles. The van der Waals surface area contributed by atoms with Crippen LogP contribution in [-0.2, 0) is 28.6 Å². The van der Waals surface area contributed by atoms with Crippen LogP contribution in [0.25, 0.3) is 10.8 Å². The van der Waals surface area contributed by atoms with E-state index in [9.17, 15) is 22.8 Å². The first kappa shape index (κ1) is 20.4. The highest BCUT2D eigenvalue weighted by molar-refractivity contribution is 5.88. The number of amides is 2. The van der Waals surface area contributed by atoms with Crippen LogP contribution < -0.4 is 11.1 Å². The van der Waals surface area contributed by atoms with Crippen molar-refractivity contribution in [3.05, 3.63) is 83.4 Å². The lowest BCUT2D eigenvalue weighted by atomic mass is 10.0. The first-order valence-electron chi connectivity index (χ1n) is 8.95. The van der Waals surface area contributed by atoms with E-state index in [2.05, 4.69) is 5.32 Å². The average molecular weight is 400 g/mol. The van der Waals surface area contributed by atoms with Gasteiger partial charge in [0.1, 0.15) is 6.04 Å². The van der Waals surface area contributed by atoms with Crippen molar-refractivity contribution in [2.75, 3.05) is 0 Å². The standard InChI is InChI=1S/C22H19F3N2O2/c23-22(24,25)18-9-6-14(7-10-18)13-20(28)27-19(21(26)29)12-15-5-8-16-3-1-2-4-17(16)11-15/h1-11,19H,12-13H2,(H2,26,29)(H,27,28)/t19-/m1/s1. The minimum absolute atomic E-state index is 0.153. The van der Waals surface area contributed by atoms with Crippen LogP contribution in [0.15, 0.2) is 66.7 Å². The second-order valence-electron chi connectivity index (χ2n) is 6.78. The normalized spacial score (nSPS) is 12.5. The third-order valence-corrected chi connectivity index (χ3v) is 4.58. The quantitative estimate of drug-likeness (QED) is 0.664. The van der Waals surface area contributed by atoms with Crippen LogP contribution in [0.2, 0.25) is 0 Å². The number of hydrogen-bond acceptors (Lipinski definition) is 2. The highest BCUT2D eigenvalue weighted by Gasteiger charge is 2.30. The van der Waals surface area contributed by atoms with Crippen LogP contribution in [0, 0.1) is 0 Å². The third-order valence-electron chi connectivity index (χ3n) is 4.58. The van der Waals surface area contributed by atoms with Crippen molar-refractivity contribution in [1.82, 2.24) is 5.32 Å². The number of alkyl halides is 3. The summed E-state index contributed by atoms with van der Waals surface area (Å²) in [7, 11) is 0. The van der Waals surface area contributed by atoms with E-state index in [1.165, 1.54) is 12.1 Å². The highest BCUT2D eigenvalue weighted by Crippen LogP contribution is 2.29. The number of carbonyl (C=O) groups is 2. The Bertz CT molecular complexity index is 1030. The smallest absolute Gasteiger partial charge is 0.368 e. The second-order valence-corrected chi connectivity index (χ2v) is 6.78. The predicted molar refractivity (Wildman–Crippen MR) is 104 cm³/mol. The van der Waals surface area contributed by atoms with E-state index in [1.807, 2.05) is 42.5 Å². The van der Waals surface area contributed by atoms with E-state index in [-0.39, 0.29) is 12.8 Å². The van der Waals surface area contributed by atoms with Gasteiger partial charge in [-0.3, -0.25) is 9.59 Å². The number of hydrogen-bond donors (Lipinski definition) is 2. The Labute approximate surface area is 165 Å². The van der Waals surface area contributed by atoms with Gasteiger partial charge in [-0.1, -0.05) is 54.6 Å². The van der Waals surface area contributed by atoms with Crippen LogP contribution in [0.4, 0.5) is 13.2 Å². The molecule has 0 aliphatic rings. The number of nitrogens with one attached hydrogen (secondary N) is 1. The summed E-state index contributed by atoms with van der Waals surface area (Å²) < 4.78 is 37.9. The van der Waals surface area contributed by atoms with Crippen molar-refractivity contribution in [3.63, 3.8) is 0 Å².